The number of amides is 1. The Hall–Kier alpha value is -1.17. The third-order valence-corrected chi connectivity index (χ3v) is 3.42. The van der Waals surface area contributed by atoms with E-state index in [9.17, 15) is 4.79 Å². The van der Waals surface area contributed by atoms with E-state index in [1.54, 1.807) is 29.4 Å². The van der Waals surface area contributed by atoms with E-state index in [1.165, 1.54) is 4.88 Å². The smallest absolute Gasteiger partial charge is 0.236 e. The van der Waals surface area contributed by atoms with Gasteiger partial charge >= 0.3 is 0 Å². The molecule has 0 aliphatic heterocycles. The van der Waals surface area contributed by atoms with Crippen LogP contribution >= 0.6 is 11.3 Å². The Morgan fingerprint density at radius 2 is 2.39 bits per heavy atom. The molecule has 1 rings (SSSR count). The van der Waals surface area contributed by atoms with E-state index < -0.39 is 0 Å². The summed E-state index contributed by atoms with van der Waals surface area (Å²) in [6.07, 6.45) is 1.74. The minimum atomic E-state index is 0.0513. The number of likely N-dealkylation sites (N-methyl/N-ethyl adjacent to an activating group) is 1. The number of thiophene rings is 1. The van der Waals surface area contributed by atoms with Crippen molar-refractivity contribution in [2.75, 3.05) is 33.3 Å². The SMILES string of the molecule is C=CCN(CCO)CC(=O)N(C)Cc1cccs1. The van der Waals surface area contributed by atoms with Crippen molar-refractivity contribution in [3.63, 3.8) is 0 Å². The standard InChI is InChI=1S/C13H20N2O2S/c1-3-6-15(7-8-16)11-13(17)14(2)10-12-5-4-9-18-12/h3-5,9,16H,1,6-8,10-11H2,2H3. The van der Waals surface area contributed by atoms with Gasteiger partial charge in [-0.25, -0.2) is 0 Å². The highest BCUT2D eigenvalue weighted by Gasteiger charge is 2.13. The fourth-order valence-corrected chi connectivity index (χ4v) is 2.35. The molecule has 0 atom stereocenters. The largest absolute Gasteiger partial charge is 0.395 e. The molecule has 1 heterocycles. The molecular weight excluding hydrogens is 248 g/mol. The van der Waals surface area contributed by atoms with Gasteiger partial charge in [-0.05, 0) is 11.4 Å². The van der Waals surface area contributed by atoms with Crippen LogP contribution < -0.4 is 0 Å². The summed E-state index contributed by atoms with van der Waals surface area (Å²) in [6.45, 7) is 5.75. The van der Waals surface area contributed by atoms with Crippen molar-refractivity contribution < 1.29 is 9.90 Å². The van der Waals surface area contributed by atoms with E-state index >= 15 is 0 Å². The Bertz CT molecular complexity index is 365. The predicted octanol–water partition coefficient (Wildman–Crippen LogP) is 1.19. The molecule has 0 radical (unpaired) electrons. The second-order valence-electron chi connectivity index (χ2n) is 4.08. The molecule has 1 amide bonds. The fraction of sp³-hybridized carbons (Fsp3) is 0.462. The Morgan fingerprint density at radius 3 is 2.94 bits per heavy atom. The van der Waals surface area contributed by atoms with E-state index in [0.717, 1.165) is 0 Å². The van der Waals surface area contributed by atoms with Crippen molar-refractivity contribution in [1.82, 2.24) is 9.80 Å². The highest BCUT2D eigenvalue weighted by molar-refractivity contribution is 7.09. The van der Waals surface area contributed by atoms with Gasteiger partial charge in [0.15, 0.2) is 0 Å². The summed E-state index contributed by atoms with van der Waals surface area (Å²) in [5.74, 6) is 0.0544. The molecule has 18 heavy (non-hydrogen) atoms. The van der Waals surface area contributed by atoms with Gasteiger partial charge < -0.3 is 10.0 Å². The molecule has 0 aliphatic rings. The predicted molar refractivity (Wildman–Crippen MR) is 74.5 cm³/mol. The summed E-state index contributed by atoms with van der Waals surface area (Å²) in [5.41, 5.74) is 0. The Labute approximate surface area is 112 Å². The molecule has 100 valence electrons. The minimum absolute atomic E-state index is 0.0513. The van der Waals surface area contributed by atoms with Gasteiger partial charge in [0.1, 0.15) is 0 Å². The first kappa shape index (κ1) is 14.9. The van der Waals surface area contributed by atoms with Crippen molar-refractivity contribution in [2.24, 2.45) is 0 Å². The van der Waals surface area contributed by atoms with E-state index in [1.807, 2.05) is 22.4 Å². The van der Waals surface area contributed by atoms with E-state index in [0.29, 0.717) is 26.2 Å². The second-order valence-corrected chi connectivity index (χ2v) is 5.11. The van der Waals surface area contributed by atoms with Gasteiger partial charge in [-0.15, -0.1) is 17.9 Å². The molecule has 1 N–H and O–H groups in total. The van der Waals surface area contributed by atoms with Crippen LogP contribution in [0.4, 0.5) is 0 Å². The molecule has 0 aromatic carbocycles. The number of rotatable bonds is 8. The van der Waals surface area contributed by atoms with Gasteiger partial charge in [0.05, 0.1) is 19.7 Å². The van der Waals surface area contributed by atoms with Gasteiger partial charge in [0, 0.05) is 25.0 Å². The fourth-order valence-electron chi connectivity index (χ4n) is 1.60. The lowest BCUT2D eigenvalue weighted by Crippen LogP contribution is -2.39. The van der Waals surface area contributed by atoms with Gasteiger partial charge in [-0.2, -0.15) is 0 Å². The molecule has 4 nitrogen and oxygen atoms in total. The highest BCUT2D eigenvalue weighted by atomic mass is 32.1. The Balaban J connectivity index is 2.44. The van der Waals surface area contributed by atoms with Crippen molar-refractivity contribution in [2.45, 2.75) is 6.54 Å². The quantitative estimate of drug-likeness (QED) is 0.720. The van der Waals surface area contributed by atoms with E-state index in [2.05, 4.69) is 6.58 Å². The average molecular weight is 268 g/mol. The first-order valence-corrected chi connectivity index (χ1v) is 6.75. The van der Waals surface area contributed by atoms with Crippen LogP contribution in [-0.2, 0) is 11.3 Å². The maximum Gasteiger partial charge on any atom is 0.236 e. The number of carbonyl (C=O) groups excluding carboxylic acids is 1. The second kappa shape index (κ2) is 8.02. The van der Waals surface area contributed by atoms with Crippen molar-refractivity contribution >= 4 is 17.2 Å². The molecule has 0 unspecified atom stereocenters. The molecule has 1 aromatic heterocycles. The summed E-state index contributed by atoms with van der Waals surface area (Å²) in [4.78, 5) is 16.8. The summed E-state index contributed by atoms with van der Waals surface area (Å²) >= 11 is 1.64. The molecule has 5 heteroatoms. The minimum Gasteiger partial charge on any atom is -0.395 e. The number of hydrogen-bond acceptors (Lipinski definition) is 4. The molecule has 0 bridgehead atoms. The molecule has 0 spiro atoms. The first-order chi connectivity index (χ1) is 8.67. The van der Waals surface area contributed by atoms with Crippen LogP contribution in [0.1, 0.15) is 4.88 Å². The molecular formula is C13H20N2O2S. The summed E-state index contributed by atoms with van der Waals surface area (Å²) in [7, 11) is 1.80. The summed E-state index contributed by atoms with van der Waals surface area (Å²) in [6, 6.07) is 4.00. The number of aliphatic hydroxyl groups excluding tert-OH is 1. The molecule has 0 fully saturated rings. The van der Waals surface area contributed by atoms with Crippen LogP contribution in [0.2, 0.25) is 0 Å². The van der Waals surface area contributed by atoms with Gasteiger partial charge in [-0.3, -0.25) is 9.69 Å². The monoisotopic (exact) mass is 268 g/mol. The van der Waals surface area contributed by atoms with Gasteiger partial charge in [0.2, 0.25) is 5.91 Å². The first-order valence-electron chi connectivity index (χ1n) is 5.87. The molecule has 0 aliphatic carbocycles. The van der Waals surface area contributed by atoms with E-state index in [-0.39, 0.29) is 12.5 Å². The maximum atomic E-state index is 12.0. The van der Waals surface area contributed by atoms with Crippen molar-refractivity contribution in [1.29, 1.82) is 0 Å². The topological polar surface area (TPSA) is 43.8 Å². The Kier molecular flexibility index (Phi) is 6.64. The average Bonchev–Trinajstić information content (AvgIpc) is 2.82. The van der Waals surface area contributed by atoms with Crippen LogP contribution in [0.25, 0.3) is 0 Å². The molecule has 0 saturated carbocycles. The summed E-state index contributed by atoms with van der Waals surface area (Å²) in [5, 5.41) is 10.9. The third-order valence-electron chi connectivity index (χ3n) is 2.56. The lowest BCUT2D eigenvalue weighted by atomic mass is 10.3. The molecule has 1 aromatic rings. The van der Waals surface area contributed by atoms with Crippen molar-refractivity contribution in [3.8, 4) is 0 Å². The molecule has 0 saturated heterocycles. The number of aliphatic hydroxyl groups is 1. The Morgan fingerprint density at radius 1 is 1.61 bits per heavy atom. The van der Waals surface area contributed by atoms with Crippen LogP contribution in [0.5, 0.6) is 0 Å². The third kappa shape index (κ3) is 5.00. The maximum absolute atomic E-state index is 12.0. The summed E-state index contributed by atoms with van der Waals surface area (Å²) < 4.78 is 0. The number of hydrogen-bond donors (Lipinski definition) is 1. The zero-order chi connectivity index (χ0) is 13.4. The highest BCUT2D eigenvalue weighted by Crippen LogP contribution is 2.10. The lowest BCUT2D eigenvalue weighted by molar-refractivity contribution is -0.131. The van der Waals surface area contributed by atoms with E-state index in [4.69, 9.17) is 5.11 Å². The number of carbonyl (C=O) groups is 1. The van der Waals surface area contributed by atoms with Crippen molar-refractivity contribution in [3.05, 3.63) is 35.0 Å². The van der Waals surface area contributed by atoms with Crippen LogP contribution in [0.15, 0.2) is 30.2 Å². The zero-order valence-electron chi connectivity index (χ0n) is 10.7. The normalized spacial score (nSPS) is 10.6. The van der Waals surface area contributed by atoms with Gasteiger partial charge in [0.25, 0.3) is 0 Å². The van der Waals surface area contributed by atoms with Crippen LogP contribution in [0.3, 0.4) is 0 Å². The van der Waals surface area contributed by atoms with Crippen LogP contribution in [-0.4, -0.2) is 54.1 Å². The number of nitrogens with zero attached hydrogens (tertiary/aromatic N) is 2. The van der Waals surface area contributed by atoms with Crippen LogP contribution in [0, 0.1) is 0 Å². The van der Waals surface area contributed by atoms with Gasteiger partial charge in [-0.1, -0.05) is 12.1 Å². The zero-order valence-corrected chi connectivity index (χ0v) is 11.5. The lowest BCUT2D eigenvalue weighted by Gasteiger charge is -2.23.